The van der Waals surface area contributed by atoms with Crippen LogP contribution in [0.15, 0.2) is 67.1 Å². The first-order valence-electron chi connectivity index (χ1n) is 14.0. The number of nitrogens with one attached hydrogen (secondary N) is 2. The normalized spacial score (nSPS) is 15.4. The van der Waals surface area contributed by atoms with Gasteiger partial charge >= 0.3 is 6.09 Å². The highest BCUT2D eigenvalue weighted by Gasteiger charge is 2.31. The molecule has 4 rings (SSSR count). The van der Waals surface area contributed by atoms with E-state index in [1.165, 1.54) is 17.4 Å². The summed E-state index contributed by atoms with van der Waals surface area (Å²) in [6.45, 7) is 6.69. The van der Waals surface area contributed by atoms with Crippen LogP contribution in [0.3, 0.4) is 0 Å². The molecule has 6 N–H and O–H groups in total. The molecule has 3 amide bonds. The lowest BCUT2D eigenvalue weighted by molar-refractivity contribution is 0.00984. The summed E-state index contributed by atoms with van der Waals surface area (Å²) < 4.78 is 5.57. The van der Waals surface area contributed by atoms with Crippen LogP contribution in [0.5, 0.6) is 0 Å². The Morgan fingerprint density at radius 3 is 2.57 bits per heavy atom. The van der Waals surface area contributed by atoms with Crippen LogP contribution < -0.4 is 22.2 Å². The number of nitrogens with two attached hydrogens (primary N) is 2. The summed E-state index contributed by atoms with van der Waals surface area (Å²) in [5, 5.41) is 8.84. The zero-order valence-corrected chi connectivity index (χ0v) is 24.3. The van der Waals surface area contributed by atoms with Crippen molar-refractivity contribution in [1.82, 2.24) is 20.2 Å². The summed E-state index contributed by atoms with van der Waals surface area (Å²) in [6, 6.07) is 14.2. The van der Waals surface area contributed by atoms with Crippen LogP contribution in [0.2, 0.25) is 0 Å². The Balaban J connectivity index is 1.49. The molecule has 0 bridgehead atoms. The fourth-order valence-corrected chi connectivity index (χ4v) is 5.00. The molecule has 42 heavy (non-hydrogen) atoms. The van der Waals surface area contributed by atoms with Crippen LogP contribution >= 0.6 is 0 Å². The van der Waals surface area contributed by atoms with Gasteiger partial charge < -0.3 is 31.0 Å². The molecule has 1 fully saturated rings. The van der Waals surface area contributed by atoms with Gasteiger partial charge in [0.25, 0.3) is 11.8 Å². The third-order valence-electron chi connectivity index (χ3n) is 6.91. The third kappa shape index (κ3) is 7.55. The minimum atomic E-state index is -0.609. The Morgan fingerprint density at radius 1 is 1.07 bits per heavy atom. The number of ether oxygens (including phenoxy) is 1. The average molecular weight is 574 g/mol. The predicted molar refractivity (Wildman–Crippen MR) is 162 cm³/mol. The number of hydrogen-bond donors (Lipinski definition) is 4. The molecule has 0 spiro atoms. The zero-order chi connectivity index (χ0) is 30.3. The number of anilines is 1. The molecule has 1 unspecified atom stereocenters. The molecule has 1 aromatic heterocycles. The van der Waals surface area contributed by atoms with Gasteiger partial charge in [-0.25, -0.2) is 15.6 Å². The SMILES string of the molecule is CC(C)(C)OC(=O)N1CCCCC1CNC(=O)c1ncccc1NC(=O)c1ccc(CN(N)/C=C\N)c2ccccc12. The van der Waals surface area contributed by atoms with Crippen LogP contribution in [-0.4, -0.2) is 57.5 Å². The van der Waals surface area contributed by atoms with Crippen molar-refractivity contribution in [2.75, 3.05) is 18.4 Å². The Labute approximate surface area is 245 Å². The summed E-state index contributed by atoms with van der Waals surface area (Å²) in [5.74, 6) is 5.16. The topological polar surface area (TPSA) is 156 Å². The second-order valence-corrected chi connectivity index (χ2v) is 11.2. The number of amides is 3. The third-order valence-corrected chi connectivity index (χ3v) is 6.91. The number of aromatic nitrogens is 1. The van der Waals surface area contributed by atoms with Gasteiger partial charge in [-0.1, -0.05) is 30.3 Å². The number of pyridine rings is 1. The van der Waals surface area contributed by atoms with Gasteiger partial charge in [-0.2, -0.15) is 0 Å². The Kier molecular flexibility index (Phi) is 9.64. The minimum absolute atomic E-state index is 0.0822. The first-order chi connectivity index (χ1) is 20.1. The first kappa shape index (κ1) is 30.3. The molecular weight excluding hydrogens is 534 g/mol. The minimum Gasteiger partial charge on any atom is -0.444 e. The number of benzene rings is 2. The van der Waals surface area contributed by atoms with E-state index < -0.39 is 11.5 Å². The monoisotopic (exact) mass is 573 g/mol. The number of fused-ring (bicyclic) bond motifs is 1. The summed E-state index contributed by atoms with van der Waals surface area (Å²) in [4.78, 5) is 45.4. The molecule has 1 aliphatic rings. The van der Waals surface area contributed by atoms with Gasteiger partial charge in [0.05, 0.1) is 18.3 Å². The highest BCUT2D eigenvalue weighted by molar-refractivity contribution is 6.15. The van der Waals surface area contributed by atoms with E-state index in [9.17, 15) is 14.4 Å². The Bertz CT molecular complexity index is 1470. The maximum atomic E-state index is 13.5. The van der Waals surface area contributed by atoms with E-state index >= 15 is 0 Å². The van der Waals surface area contributed by atoms with Crippen LogP contribution in [0.25, 0.3) is 10.8 Å². The lowest BCUT2D eigenvalue weighted by Gasteiger charge is -2.36. The second-order valence-electron chi connectivity index (χ2n) is 11.2. The summed E-state index contributed by atoms with van der Waals surface area (Å²) >= 11 is 0. The number of piperidine rings is 1. The molecule has 0 radical (unpaired) electrons. The van der Waals surface area contributed by atoms with Crippen LogP contribution in [0.1, 0.15) is 66.4 Å². The van der Waals surface area contributed by atoms with Crippen molar-refractivity contribution in [3.05, 3.63) is 83.9 Å². The second kappa shape index (κ2) is 13.3. The van der Waals surface area contributed by atoms with E-state index in [1.807, 2.05) is 51.1 Å². The van der Waals surface area contributed by atoms with Crippen LogP contribution in [0, 0.1) is 0 Å². The van der Waals surface area contributed by atoms with Gasteiger partial charge in [0, 0.05) is 37.2 Å². The first-order valence-corrected chi connectivity index (χ1v) is 14.0. The largest absolute Gasteiger partial charge is 0.444 e. The smallest absolute Gasteiger partial charge is 0.410 e. The molecule has 0 aliphatic carbocycles. The van der Waals surface area contributed by atoms with Crippen molar-refractivity contribution in [3.8, 4) is 0 Å². The molecule has 0 saturated carbocycles. The van der Waals surface area contributed by atoms with Crippen molar-refractivity contribution in [3.63, 3.8) is 0 Å². The highest BCUT2D eigenvalue weighted by Crippen LogP contribution is 2.26. The average Bonchev–Trinajstić information content (AvgIpc) is 2.95. The van der Waals surface area contributed by atoms with E-state index in [1.54, 1.807) is 29.3 Å². The molecule has 2 heterocycles. The quantitative estimate of drug-likeness (QED) is 0.232. The Morgan fingerprint density at radius 2 is 1.83 bits per heavy atom. The highest BCUT2D eigenvalue weighted by atomic mass is 16.6. The number of rotatable bonds is 8. The van der Waals surface area contributed by atoms with Crippen molar-refractivity contribution in [1.29, 1.82) is 0 Å². The molecule has 11 heteroatoms. The van der Waals surface area contributed by atoms with Gasteiger partial charge in [0.1, 0.15) is 5.60 Å². The standard InChI is InChI=1S/C31H39N7O4/c1-31(2,3)42-30(41)38-17-7-6-9-22(38)19-35-29(40)27-26(12-8-16-34-27)36-28(39)25-14-13-21(20-37(33)18-15-32)23-10-4-5-11-24(23)25/h4-5,8,10-16,18,22H,6-7,9,17,19-20,32-33H2,1-3H3,(H,35,40)(H,36,39)/b18-15-. The molecule has 2 aromatic carbocycles. The fraction of sp³-hybridized carbons (Fsp3) is 0.355. The van der Waals surface area contributed by atoms with Crippen molar-refractivity contribution >= 4 is 34.4 Å². The van der Waals surface area contributed by atoms with E-state index in [2.05, 4.69) is 15.6 Å². The molecular formula is C31H39N7O4. The summed E-state index contributed by atoms with van der Waals surface area (Å²) in [5.41, 5.74) is 6.57. The summed E-state index contributed by atoms with van der Waals surface area (Å²) in [6.07, 6.45) is 6.61. The maximum Gasteiger partial charge on any atom is 0.410 e. The van der Waals surface area contributed by atoms with Crippen molar-refractivity contribution < 1.29 is 19.1 Å². The summed E-state index contributed by atoms with van der Waals surface area (Å²) in [7, 11) is 0. The number of hydrazine groups is 1. The van der Waals surface area contributed by atoms with Gasteiger partial charge in [-0.05, 0) is 74.6 Å². The number of nitrogens with zero attached hydrogens (tertiary/aromatic N) is 3. The lowest BCUT2D eigenvalue weighted by Crippen LogP contribution is -2.50. The van der Waals surface area contributed by atoms with Gasteiger partial charge in [0.15, 0.2) is 5.69 Å². The number of likely N-dealkylation sites (tertiary alicyclic amines) is 1. The van der Waals surface area contributed by atoms with Crippen molar-refractivity contribution in [2.45, 2.75) is 58.2 Å². The fourth-order valence-electron chi connectivity index (χ4n) is 5.00. The predicted octanol–water partition coefficient (Wildman–Crippen LogP) is 4.11. The molecule has 222 valence electrons. The maximum absolute atomic E-state index is 13.5. The molecule has 1 aliphatic heterocycles. The Hall–Kier alpha value is -4.64. The van der Waals surface area contributed by atoms with E-state index in [0.717, 1.165) is 35.6 Å². The van der Waals surface area contributed by atoms with E-state index in [-0.39, 0.29) is 36.0 Å². The van der Waals surface area contributed by atoms with E-state index in [4.69, 9.17) is 16.3 Å². The number of carbonyl (C=O) groups is 3. The van der Waals surface area contributed by atoms with Crippen molar-refractivity contribution in [2.24, 2.45) is 11.6 Å². The molecule has 1 saturated heterocycles. The van der Waals surface area contributed by atoms with Gasteiger partial charge in [0.2, 0.25) is 0 Å². The zero-order valence-electron chi connectivity index (χ0n) is 24.3. The molecule has 1 atom stereocenters. The van der Waals surface area contributed by atoms with E-state index in [0.29, 0.717) is 18.7 Å². The van der Waals surface area contributed by atoms with Gasteiger partial charge in [-0.3, -0.25) is 9.59 Å². The lowest BCUT2D eigenvalue weighted by atomic mass is 9.98. The van der Waals surface area contributed by atoms with Crippen LogP contribution in [0.4, 0.5) is 10.5 Å². The molecule has 3 aromatic rings. The number of carbonyl (C=O) groups excluding carboxylic acids is 3. The van der Waals surface area contributed by atoms with Gasteiger partial charge in [-0.15, -0.1) is 0 Å². The number of hydrogen-bond acceptors (Lipinski definition) is 8. The van der Waals surface area contributed by atoms with Crippen LogP contribution in [-0.2, 0) is 11.3 Å². The molecule has 11 nitrogen and oxygen atoms in total.